The molecule has 2 rings (SSSR count). The van der Waals surface area contributed by atoms with Gasteiger partial charge in [0.05, 0.1) is 44.9 Å². The van der Waals surface area contributed by atoms with Crippen molar-refractivity contribution >= 4 is 29.2 Å². The normalized spacial score (nSPS) is 14.0. The predicted molar refractivity (Wildman–Crippen MR) is 101 cm³/mol. The third-order valence-corrected chi connectivity index (χ3v) is 4.11. The van der Waals surface area contributed by atoms with Crippen LogP contribution in [0.5, 0.6) is 5.75 Å². The third-order valence-electron chi connectivity index (χ3n) is 4.11. The molecular weight excluding hydrogens is 368 g/mol. The van der Waals surface area contributed by atoms with E-state index in [0.717, 1.165) is 0 Å². The van der Waals surface area contributed by atoms with E-state index in [-0.39, 0.29) is 36.4 Å². The molecule has 1 aliphatic heterocycles. The largest absolute Gasteiger partial charge is 0.497 e. The lowest BCUT2D eigenvalue weighted by atomic mass is 10.1. The number of methoxy groups -OCH3 is 3. The summed E-state index contributed by atoms with van der Waals surface area (Å²) in [6.07, 6.45) is 0. The molecule has 9 heteroatoms. The highest BCUT2D eigenvalue weighted by Gasteiger charge is 2.33. The van der Waals surface area contributed by atoms with E-state index >= 15 is 0 Å². The maximum Gasteiger partial charge on any atom is 0.355 e. The second-order valence-corrected chi connectivity index (χ2v) is 6.24. The Hall–Kier alpha value is -3.07. The van der Waals surface area contributed by atoms with Gasteiger partial charge in [0.1, 0.15) is 18.2 Å². The van der Waals surface area contributed by atoms with Gasteiger partial charge in [-0.1, -0.05) is 13.8 Å². The van der Waals surface area contributed by atoms with Crippen molar-refractivity contribution in [2.75, 3.05) is 44.9 Å². The van der Waals surface area contributed by atoms with Gasteiger partial charge in [0.25, 0.3) is 0 Å². The lowest BCUT2D eigenvalue weighted by Crippen LogP contribution is -2.39. The van der Waals surface area contributed by atoms with Gasteiger partial charge in [0.15, 0.2) is 0 Å². The first-order valence-electron chi connectivity index (χ1n) is 8.58. The van der Waals surface area contributed by atoms with Gasteiger partial charge in [-0.15, -0.1) is 0 Å². The van der Waals surface area contributed by atoms with Gasteiger partial charge in [-0.2, -0.15) is 0 Å². The summed E-state index contributed by atoms with van der Waals surface area (Å²) < 4.78 is 20.4. The van der Waals surface area contributed by atoms with Crippen LogP contribution < -0.4 is 15.0 Å². The average molecular weight is 392 g/mol. The Morgan fingerprint density at radius 2 is 1.79 bits per heavy atom. The Kier molecular flexibility index (Phi) is 7.00. The van der Waals surface area contributed by atoms with Crippen LogP contribution in [0.4, 0.5) is 11.4 Å². The number of hydrogen-bond donors (Lipinski definition) is 1. The minimum Gasteiger partial charge on any atom is -0.497 e. The summed E-state index contributed by atoms with van der Waals surface area (Å²) in [5.41, 5.74) is 0.837. The van der Waals surface area contributed by atoms with E-state index in [1.54, 1.807) is 32.0 Å². The van der Waals surface area contributed by atoms with Crippen molar-refractivity contribution in [1.29, 1.82) is 0 Å². The van der Waals surface area contributed by atoms with Crippen molar-refractivity contribution in [2.45, 2.75) is 13.8 Å². The first-order chi connectivity index (χ1) is 13.3. The third kappa shape index (κ3) is 4.42. The van der Waals surface area contributed by atoms with Gasteiger partial charge in [0, 0.05) is 12.0 Å². The molecule has 1 heterocycles. The summed E-state index contributed by atoms with van der Waals surface area (Å²) in [5, 5.41) is 2.81. The SMILES string of the molecule is COC(=O)C1=C(C(=O)OC)N(c2cc(OC)ccc2NC(=O)C(C)C)COC1. The molecule has 0 aliphatic carbocycles. The number of esters is 2. The summed E-state index contributed by atoms with van der Waals surface area (Å²) in [6, 6.07) is 4.95. The first-order valence-corrected chi connectivity index (χ1v) is 8.58. The summed E-state index contributed by atoms with van der Waals surface area (Å²) in [7, 11) is 3.92. The Labute approximate surface area is 163 Å². The number of rotatable bonds is 6. The number of anilines is 2. The zero-order valence-corrected chi connectivity index (χ0v) is 16.5. The van der Waals surface area contributed by atoms with E-state index in [0.29, 0.717) is 17.1 Å². The second-order valence-electron chi connectivity index (χ2n) is 6.24. The molecule has 152 valence electrons. The number of nitrogens with one attached hydrogen (secondary N) is 1. The fraction of sp³-hybridized carbons (Fsp3) is 0.421. The number of amides is 1. The zero-order valence-electron chi connectivity index (χ0n) is 16.5. The van der Waals surface area contributed by atoms with Gasteiger partial charge in [-0.3, -0.25) is 4.79 Å². The quantitative estimate of drug-likeness (QED) is 0.730. The number of ether oxygens (including phenoxy) is 4. The number of carbonyl (C=O) groups excluding carboxylic acids is 3. The van der Waals surface area contributed by atoms with Gasteiger partial charge in [-0.25, -0.2) is 9.59 Å². The number of hydrogen-bond acceptors (Lipinski definition) is 8. The van der Waals surface area contributed by atoms with Crippen molar-refractivity contribution in [1.82, 2.24) is 0 Å². The molecule has 0 spiro atoms. The van der Waals surface area contributed by atoms with Crippen LogP contribution in [-0.4, -0.2) is 52.5 Å². The van der Waals surface area contributed by atoms with Gasteiger partial charge >= 0.3 is 11.9 Å². The minimum absolute atomic E-state index is 0.0181. The zero-order chi connectivity index (χ0) is 20.8. The van der Waals surface area contributed by atoms with Crippen molar-refractivity contribution in [3.8, 4) is 5.75 Å². The van der Waals surface area contributed by atoms with Crippen molar-refractivity contribution in [2.24, 2.45) is 5.92 Å². The Bertz CT molecular complexity index is 801. The highest BCUT2D eigenvalue weighted by molar-refractivity contribution is 6.05. The smallest absolute Gasteiger partial charge is 0.355 e. The van der Waals surface area contributed by atoms with E-state index in [9.17, 15) is 14.4 Å². The maximum atomic E-state index is 12.5. The van der Waals surface area contributed by atoms with Crippen LogP contribution >= 0.6 is 0 Å². The molecule has 9 nitrogen and oxygen atoms in total. The van der Waals surface area contributed by atoms with Crippen LogP contribution in [0.25, 0.3) is 0 Å². The molecule has 0 saturated carbocycles. The molecule has 1 aromatic rings. The second kappa shape index (κ2) is 9.23. The molecule has 1 amide bonds. The number of carbonyl (C=O) groups is 3. The van der Waals surface area contributed by atoms with Gasteiger partial charge in [-0.05, 0) is 12.1 Å². The molecule has 28 heavy (non-hydrogen) atoms. The summed E-state index contributed by atoms with van der Waals surface area (Å²) in [5.74, 6) is -1.41. The van der Waals surface area contributed by atoms with E-state index in [1.807, 2.05) is 0 Å². The predicted octanol–water partition coefficient (Wildman–Crippen LogP) is 1.68. The fourth-order valence-corrected chi connectivity index (χ4v) is 2.58. The van der Waals surface area contributed by atoms with Crippen LogP contribution in [0, 0.1) is 5.92 Å². The molecule has 0 saturated heterocycles. The molecule has 0 bridgehead atoms. The summed E-state index contributed by atoms with van der Waals surface area (Å²) in [6.45, 7) is 3.38. The Balaban J connectivity index is 2.63. The molecular formula is C19H24N2O7. The number of benzene rings is 1. The van der Waals surface area contributed by atoms with Gasteiger partial charge in [0.2, 0.25) is 5.91 Å². The van der Waals surface area contributed by atoms with Crippen LogP contribution in [0.15, 0.2) is 29.5 Å². The van der Waals surface area contributed by atoms with Crippen LogP contribution in [-0.2, 0) is 28.6 Å². The van der Waals surface area contributed by atoms with E-state index < -0.39 is 11.9 Å². The van der Waals surface area contributed by atoms with Crippen LogP contribution in [0.3, 0.4) is 0 Å². The lowest BCUT2D eigenvalue weighted by molar-refractivity contribution is -0.140. The molecule has 1 aliphatic rings. The lowest BCUT2D eigenvalue weighted by Gasteiger charge is -2.32. The van der Waals surface area contributed by atoms with E-state index in [4.69, 9.17) is 18.9 Å². The number of nitrogens with zero attached hydrogens (tertiary/aromatic N) is 1. The first kappa shape index (κ1) is 21.2. The van der Waals surface area contributed by atoms with Crippen molar-refractivity contribution in [3.63, 3.8) is 0 Å². The summed E-state index contributed by atoms with van der Waals surface area (Å²) in [4.78, 5) is 38.3. The van der Waals surface area contributed by atoms with Gasteiger partial charge < -0.3 is 29.2 Å². The van der Waals surface area contributed by atoms with Crippen molar-refractivity contribution < 1.29 is 33.3 Å². The monoisotopic (exact) mass is 392 g/mol. The maximum absolute atomic E-state index is 12.5. The van der Waals surface area contributed by atoms with Crippen LogP contribution in [0.1, 0.15) is 13.8 Å². The molecule has 0 aromatic heterocycles. The fourth-order valence-electron chi connectivity index (χ4n) is 2.58. The molecule has 0 unspecified atom stereocenters. The molecule has 1 aromatic carbocycles. The topological polar surface area (TPSA) is 103 Å². The van der Waals surface area contributed by atoms with E-state index in [2.05, 4.69) is 5.32 Å². The highest BCUT2D eigenvalue weighted by atomic mass is 16.5. The summed E-state index contributed by atoms with van der Waals surface area (Å²) >= 11 is 0. The molecule has 0 radical (unpaired) electrons. The van der Waals surface area contributed by atoms with Crippen molar-refractivity contribution in [3.05, 3.63) is 29.5 Å². The minimum atomic E-state index is -0.729. The average Bonchev–Trinajstić information content (AvgIpc) is 2.72. The molecule has 0 fully saturated rings. The molecule has 0 atom stereocenters. The van der Waals surface area contributed by atoms with Crippen LogP contribution in [0.2, 0.25) is 0 Å². The highest BCUT2D eigenvalue weighted by Crippen LogP contribution is 2.35. The Morgan fingerprint density at radius 1 is 1.11 bits per heavy atom. The Morgan fingerprint density at radius 3 is 2.36 bits per heavy atom. The standard InChI is InChI=1S/C19H24N2O7/c1-11(2)17(22)20-14-7-6-12(25-3)8-15(14)21-10-28-9-13(18(23)26-4)16(21)19(24)27-5/h6-8,11H,9-10H2,1-5H3,(H,20,22). The van der Waals surface area contributed by atoms with E-state index in [1.165, 1.54) is 26.2 Å². The molecule has 1 N–H and O–H groups in total.